The summed E-state index contributed by atoms with van der Waals surface area (Å²) in [5.41, 5.74) is 0. The van der Waals surface area contributed by atoms with Crippen LogP contribution in [0.1, 0.15) is 73.1 Å². The average Bonchev–Trinajstić information content (AvgIpc) is 2.32. The molecule has 0 radical (unpaired) electrons. The second-order valence-electron chi connectivity index (χ2n) is 4.58. The minimum absolute atomic E-state index is 0.167. The number of Topliss-reactive ketones (excluding diaryl/α,β-unsaturated/α-hetero) is 1. The molecule has 0 bridgehead atoms. The van der Waals surface area contributed by atoms with E-state index in [4.69, 9.17) is 10.2 Å². The quantitative estimate of drug-likeness (QED) is 0.737. The molecule has 0 spiro atoms. The summed E-state index contributed by atoms with van der Waals surface area (Å²) in [6, 6.07) is 0. The van der Waals surface area contributed by atoms with Crippen LogP contribution in [0.2, 0.25) is 0 Å². The molecule has 0 aromatic carbocycles. The van der Waals surface area contributed by atoms with Crippen molar-refractivity contribution in [3.63, 3.8) is 0 Å². The standard InChI is InChI=1S/C8H18O.C4H10O.C3H6O/c1-3-5-6-8(4-2)7-9;1-2-3-4-5;1-3(2)4/h8-9H,3-7H2,1-2H3;5H,2-4H2,1H3;1-2H3. The van der Waals surface area contributed by atoms with Crippen molar-refractivity contribution in [2.24, 2.45) is 5.92 Å². The number of aliphatic hydroxyl groups is 2. The maximum absolute atomic E-state index is 9.44. The van der Waals surface area contributed by atoms with Crippen molar-refractivity contribution >= 4 is 5.78 Å². The number of hydrogen-bond donors (Lipinski definition) is 2. The smallest absolute Gasteiger partial charge is 0.126 e. The largest absolute Gasteiger partial charge is 0.396 e. The molecule has 0 fully saturated rings. The van der Waals surface area contributed by atoms with E-state index in [1.165, 1.54) is 33.1 Å². The number of ketones is 1. The first-order valence-corrected chi connectivity index (χ1v) is 7.18. The van der Waals surface area contributed by atoms with Crippen LogP contribution >= 0.6 is 0 Å². The molecule has 0 saturated heterocycles. The highest BCUT2D eigenvalue weighted by molar-refractivity contribution is 5.72. The number of rotatable bonds is 7. The third-order valence-electron chi connectivity index (χ3n) is 2.31. The molecule has 112 valence electrons. The molecule has 0 aliphatic heterocycles. The highest BCUT2D eigenvalue weighted by Gasteiger charge is 2.01. The van der Waals surface area contributed by atoms with Gasteiger partial charge in [0.05, 0.1) is 0 Å². The summed E-state index contributed by atoms with van der Waals surface area (Å²) in [7, 11) is 0. The fourth-order valence-electron chi connectivity index (χ4n) is 1.08. The SMILES string of the molecule is CC(C)=O.CCCCC(CC)CO.CCCCO. The maximum atomic E-state index is 9.44. The van der Waals surface area contributed by atoms with Gasteiger partial charge in [-0.2, -0.15) is 0 Å². The number of carbonyl (C=O) groups is 1. The highest BCUT2D eigenvalue weighted by Crippen LogP contribution is 2.10. The topological polar surface area (TPSA) is 57.5 Å². The van der Waals surface area contributed by atoms with E-state index in [1.54, 1.807) is 0 Å². The first kappa shape index (κ1) is 22.7. The zero-order valence-electron chi connectivity index (χ0n) is 13.0. The van der Waals surface area contributed by atoms with Gasteiger partial charge in [0.2, 0.25) is 0 Å². The van der Waals surface area contributed by atoms with Crippen LogP contribution in [0.4, 0.5) is 0 Å². The molecular weight excluding hydrogens is 228 g/mol. The monoisotopic (exact) mass is 262 g/mol. The number of aliphatic hydroxyl groups excluding tert-OH is 2. The maximum Gasteiger partial charge on any atom is 0.126 e. The van der Waals surface area contributed by atoms with Gasteiger partial charge < -0.3 is 15.0 Å². The zero-order valence-corrected chi connectivity index (χ0v) is 13.0. The Balaban J connectivity index is -0.000000212. The molecule has 1 atom stereocenters. The van der Waals surface area contributed by atoms with Gasteiger partial charge in [0.1, 0.15) is 5.78 Å². The summed E-state index contributed by atoms with van der Waals surface area (Å²) in [5, 5.41) is 16.8. The van der Waals surface area contributed by atoms with Crippen LogP contribution in [0.3, 0.4) is 0 Å². The Bertz CT molecular complexity index is 137. The molecule has 0 aliphatic rings. The fraction of sp³-hybridized carbons (Fsp3) is 0.933. The van der Waals surface area contributed by atoms with Crippen molar-refractivity contribution in [3.8, 4) is 0 Å². The molecule has 0 amide bonds. The third-order valence-corrected chi connectivity index (χ3v) is 2.31. The summed E-state index contributed by atoms with van der Waals surface area (Å²) in [5.74, 6) is 0.727. The Kier molecular flexibility index (Phi) is 27.6. The van der Waals surface area contributed by atoms with Crippen molar-refractivity contribution in [1.82, 2.24) is 0 Å². The van der Waals surface area contributed by atoms with E-state index < -0.39 is 0 Å². The van der Waals surface area contributed by atoms with Crippen LogP contribution in [-0.4, -0.2) is 29.2 Å². The van der Waals surface area contributed by atoms with E-state index in [0.717, 1.165) is 19.3 Å². The van der Waals surface area contributed by atoms with Crippen LogP contribution in [-0.2, 0) is 4.79 Å². The lowest BCUT2D eigenvalue weighted by molar-refractivity contribution is -0.114. The minimum Gasteiger partial charge on any atom is -0.396 e. The van der Waals surface area contributed by atoms with Gasteiger partial charge in [-0.3, -0.25) is 0 Å². The lowest BCUT2D eigenvalue weighted by atomic mass is 10.0. The molecule has 3 nitrogen and oxygen atoms in total. The summed E-state index contributed by atoms with van der Waals surface area (Å²) >= 11 is 0. The average molecular weight is 262 g/mol. The Labute approximate surface area is 114 Å². The van der Waals surface area contributed by atoms with Crippen LogP contribution < -0.4 is 0 Å². The predicted molar refractivity (Wildman–Crippen MR) is 78.7 cm³/mol. The Morgan fingerprint density at radius 2 is 1.44 bits per heavy atom. The second kappa shape index (κ2) is 21.8. The number of unbranched alkanes of at least 4 members (excludes halogenated alkanes) is 2. The van der Waals surface area contributed by atoms with Gasteiger partial charge >= 0.3 is 0 Å². The second-order valence-corrected chi connectivity index (χ2v) is 4.58. The number of hydrogen-bond acceptors (Lipinski definition) is 3. The predicted octanol–water partition coefficient (Wildman–Crippen LogP) is 3.57. The summed E-state index contributed by atoms with van der Waals surface area (Å²) in [6.07, 6.45) is 6.87. The third kappa shape index (κ3) is 36.1. The summed E-state index contributed by atoms with van der Waals surface area (Å²) in [4.78, 5) is 9.44. The molecule has 2 N–H and O–H groups in total. The molecule has 0 rings (SSSR count). The molecule has 3 heteroatoms. The Morgan fingerprint density at radius 1 is 1.00 bits per heavy atom. The van der Waals surface area contributed by atoms with E-state index in [9.17, 15) is 4.79 Å². The van der Waals surface area contributed by atoms with Gasteiger partial charge in [0, 0.05) is 13.2 Å². The normalized spacial score (nSPS) is 10.6. The van der Waals surface area contributed by atoms with Gasteiger partial charge in [-0.15, -0.1) is 0 Å². The molecule has 0 heterocycles. The number of carbonyl (C=O) groups excluding carboxylic acids is 1. The Morgan fingerprint density at radius 3 is 1.61 bits per heavy atom. The molecule has 1 unspecified atom stereocenters. The van der Waals surface area contributed by atoms with Gasteiger partial charge in [-0.05, 0) is 32.6 Å². The van der Waals surface area contributed by atoms with E-state index in [0.29, 0.717) is 19.1 Å². The summed E-state index contributed by atoms with van der Waals surface area (Å²) in [6.45, 7) is 10.1. The summed E-state index contributed by atoms with van der Waals surface area (Å²) < 4.78 is 0. The van der Waals surface area contributed by atoms with E-state index in [-0.39, 0.29) is 5.78 Å². The molecule has 0 aliphatic carbocycles. The van der Waals surface area contributed by atoms with Gasteiger partial charge in [0.15, 0.2) is 0 Å². The van der Waals surface area contributed by atoms with Crippen molar-refractivity contribution in [1.29, 1.82) is 0 Å². The molecular formula is C15H34O3. The Hall–Kier alpha value is -0.410. The van der Waals surface area contributed by atoms with Crippen molar-refractivity contribution in [2.75, 3.05) is 13.2 Å². The van der Waals surface area contributed by atoms with Crippen LogP contribution in [0.5, 0.6) is 0 Å². The van der Waals surface area contributed by atoms with Crippen LogP contribution in [0, 0.1) is 5.92 Å². The lowest BCUT2D eigenvalue weighted by Crippen LogP contribution is -2.03. The fourth-order valence-corrected chi connectivity index (χ4v) is 1.08. The molecule has 0 aromatic heterocycles. The molecule has 0 saturated carbocycles. The van der Waals surface area contributed by atoms with Crippen LogP contribution in [0.15, 0.2) is 0 Å². The first-order valence-electron chi connectivity index (χ1n) is 7.18. The highest BCUT2D eigenvalue weighted by atomic mass is 16.3. The van der Waals surface area contributed by atoms with Crippen molar-refractivity contribution in [2.45, 2.75) is 73.1 Å². The first-order chi connectivity index (χ1) is 8.49. The molecule has 18 heavy (non-hydrogen) atoms. The zero-order chi connectivity index (χ0) is 14.8. The van der Waals surface area contributed by atoms with Crippen molar-refractivity contribution in [3.05, 3.63) is 0 Å². The van der Waals surface area contributed by atoms with E-state index in [1.807, 2.05) is 0 Å². The minimum atomic E-state index is 0.167. The lowest BCUT2D eigenvalue weighted by Gasteiger charge is -2.08. The van der Waals surface area contributed by atoms with E-state index in [2.05, 4.69) is 20.8 Å². The van der Waals surface area contributed by atoms with Gasteiger partial charge in [-0.25, -0.2) is 0 Å². The van der Waals surface area contributed by atoms with Crippen LogP contribution in [0.25, 0.3) is 0 Å². The van der Waals surface area contributed by atoms with E-state index >= 15 is 0 Å². The molecule has 0 aromatic rings. The van der Waals surface area contributed by atoms with Gasteiger partial charge in [-0.1, -0.05) is 46.5 Å². The van der Waals surface area contributed by atoms with Crippen molar-refractivity contribution < 1.29 is 15.0 Å². The van der Waals surface area contributed by atoms with Gasteiger partial charge in [0.25, 0.3) is 0 Å².